The van der Waals surface area contributed by atoms with E-state index >= 15 is 0 Å². The van der Waals surface area contributed by atoms with E-state index in [1.807, 2.05) is 0 Å². The second kappa shape index (κ2) is 11.6. The fourth-order valence-electron chi connectivity index (χ4n) is 3.15. The van der Waals surface area contributed by atoms with Crippen molar-refractivity contribution in [3.05, 3.63) is 24.3 Å². The van der Waals surface area contributed by atoms with Crippen LogP contribution >= 0.6 is 0 Å². The Kier molecular flexibility index (Phi) is 10.1. The van der Waals surface area contributed by atoms with Gasteiger partial charge in [0.1, 0.15) is 0 Å². The molecule has 0 bridgehead atoms. The van der Waals surface area contributed by atoms with Crippen molar-refractivity contribution in [3.8, 4) is 0 Å². The Hall–Kier alpha value is -0.920. The Morgan fingerprint density at radius 2 is 1.18 bits per heavy atom. The van der Waals surface area contributed by atoms with Crippen LogP contribution in [0.1, 0.15) is 79.1 Å². The maximum Gasteiger partial charge on any atom is 0.0768 e. The Morgan fingerprint density at radius 3 is 1.55 bits per heavy atom. The summed E-state index contributed by atoms with van der Waals surface area (Å²) in [4.78, 5) is 0. The fourth-order valence-corrected chi connectivity index (χ4v) is 3.15. The highest BCUT2D eigenvalue weighted by Crippen LogP contribution is 2.23. The summed E-state index contributed by atoms with van der Waals surface area (Å²) < 4.78 is 0. The molecule has 0 saturated heterocycles. The van der Waals surface area contributed by atoms with Crippen molar-refractivity contribution < 1.29 is 0 Å². The van der Waals surface area contributed by atoms with Crippen LogP contribution in [-0.2, 0) is 0 Å². The van der Waals surface area contributed by atoms with Gasteiger partial charge >= 0.3 is 0 Å². The maximum atomic E-state index is 4.80. The smallest absolute Gasteiger partial charge is 0.0768 e. The summed E-state index contributed by atoms with van der Waals surface area (Å²) in [6, 6.07) is 0.715. The van der Waals surface area contributed by atoms with Gasteiger partial charge < -0.3 is 0 Å². The molecule has 1 aliphatic heterocycles. The molecule has 0 fully saturated rings. The molecule has 4 atom stereocenters. The third-order valence-corrected chi connectivity index (χ3v) is 4.75. The average molecular weight is 305 g/mol. The van der Waals surface area contributed by atoms with E-state index in [0.717, 1.165) is 25.7 Å². The summed E-state index contributed by atoms with van der Waals surface area (Å²) in [6.45, 7) is 9.18. The van der Waals surface area contributed by atoms with Gasteiger partial charge in [0.05, 0.1) is 12.1 Å². The van der Waals surface area contributed by atoms with Crippen LogP contribution in [0.25, 0.3) is 0 Å². The van der Waals surface area contributed by atoms with E-state index in [2.05, 4.69) is 52.0 Å². The number of allylic oxidation sites excluding steroid dienone is 2. The lowest BCUT2D eigenvalue weighted by Gasteiger charge is -2.21. The zero-order chi connectivity index (χ0) is 16.2. The molecule has 126 valence electrons. The molecule has 4 unspecified atom stereocenters. The van der Waals surface area contributed by atoms with Crippen LogP contribution in [0.5, 0.6) is 0 Å². The van der Waals surface area contributed by atoms with E-state index in [-0.39, 0.29) is 0 Å². The second-order valence-corrected chi connectivity index (χ2v) is 6.89. The van der Waals surface area contributed by atoms with Gasteiger partial charge in [-0.15, -0.1) is 0 Å². The number of nitrogens with zero attached hydrogens (tertiary/aromatic N) is 2. The van der Waals surface area contributed by atoms with Crippen LogP contribution in [-0.4, -0.2) is 12.1 Å². The van der Waals surface area contributed by atoms with Crippen molar-refractivity contribution in [1.29, 1.82) is 0 Å². The van der Waals surface area contributed by atoms with Crippen molar-refractivity contribution >= 4 is 0 Å². The summed E-state index contributed by atoms with van der Waals surface area (Å²) >= 11 is 0. The molecule has 0 aromatic carbocycles. The Labute approximate surface area is 138 Å². The average Bonchev–Trinajstić information content (AvgIpc) is 2.48. The molecule has 0 aromatic rings. The van der Waals surface area contributed by atoms with Gasteiger partial charge in [0.15, 0.2) is 0 Å². The summed E-state index contributed by atoms with van der Waals surface area (Å²) in [6.07, 6.45) is 18.6. The first-order valence-corrected chi connectivity index (χ1v) is 9.38. The molecule has 0 spiro atoms. The Morgan fingerprint density at radius 1 is 0.773 bits per heavy atom. The van der Waals surface area contributed by atoms with Gasteiger partial charge in [-0.1, -0.05) is 64.8 Å². The van der Waals surface area contributed by atoms with Gasteiger partial charge in [-0.05, 0) is 50.4 Å². The topological polar surface area (TPSA) is 24.7 Å². The van der Waals surface area contributed by atoms with Crippen LogP contribution < -0.4 is 0 Å². The van der Waals surface area contributed by atoms with E-state index in [9.17, 15) is 0 Å². The molecule has 22 heavy (non-hydrogen) atoms. The van der Waals surface area contributed by atoms with Gasteiger partial charge in [-0.2, -0.15) is 10.2 Å². The van der Waals surface area contributed by atoms with Gasteiger partial charge in [-0.25, -0.2) is 0 Å². The van der Waals surface area contributed by atoms with E-state index in [1.165, 1.54) is 25.7 Å². The van der Waals surface area contributed by atoms with Gasteiger partial charge in [0, 0.05) is 0 Å². The zero-order valence-electron chi connectivity index (χ0n) is 15.2. The SMILES string of the molecule is CCCC(C)C1C/C=C/CC/C=C/CC(C(C)CCC)N=N1. The molecule has 0 amide bonds. The third kappa shape index (κ3) is 7.38. The predicted molar refractivity (Wildman–Crippen MR) is 97.3 cm³/mol. The van der Waals surface area contributed by atoms with Crippen LogP contribution in [0.3, 0.4) is 0 Å². The Balaban J connectivity index is 2.83. The first-order valence-electron chi connectivity index (χ1n) is 9.38. The third-order valence-electron chi connectivity index (χ3n) is 4.75. The molecule has 2 heteroatoms. The van der Waals surface area contributed by atoms with Gasteiger partial charge in [-0.3, -0.25) is 0 Å². The summed E-state index contributed by atoms with van der Waals surface area (Å²) in [5.41, 5.74) is 0. The van der Waals surface area contributed by atoms with E-state index in [4.69, 9.17) is 10.2 Å². The van der Waals surface area contributed by atoms with E-state index < -0.39 is 0 Å². The molecule has 0 radical (unpaired) electrons. The molecular formula is C20H36N2. The van der Waals surface area contributed by atoms with Crippen molar-refractivity contribution in [2.75, 3.05) is 0 Å². The lowest BCUT2D eigenvalue weighted by atomic mass is 9.93. The molecule has 0 aliphatic carbocycles. The largest absolute Gasteiger partial charge is 0.190 e. The number of hydrogen-bond donors (Lipinski definition) is 0. The minimum absolute atomic E-state index is 0.357. The molecule has 0 N–H and O–H groups in total. The van der Waals surface area contributed by atoms with Crippen LogP contribution in [0.15, 0.2) is 34.5 Å². The van der Waals surface area contributed by atoms with Crippen molar-refractivity contribution in [2.24, 2.45) is 22.1 Å². The van der Waals surface area contributed by atoms with Crippen molar-refractivity contribution in [3.63, 3.8) is 0 Å². The standard InChI is InChI=1S/C20H36N2/c1-5-13-17(3)19-15-11-9-7-8-10-12-16-20(22-21-19)18(4)14-6-2/h9-12,17-20H,5-8,13-16H2,1-4H3/b11-9+,12-10+,22-21?. The minimum Gasteiger partial charge on any atom is -0.190 e. The van der Waals surface area contributed by atoms with E-state index in [1.54, 1.807) is 0 Å². The van der Waals surface area contributed by atoms with Crippen molar-refractivity contribution in [1.82, 2.24) is 0 Å². The molecule has 1 heterocycles. The highest BCUT2D eigenvalue weighted by atomic mass is 15.1. The molecular weight excluding hydrogens is 268 g/mol. The summed E-state index contributed by atoms with van der Waals surface area (Å²) in [5, 5.41) is 9.60. The number of rotatable bonds is 6. The van der Waals surface area contributed by atoms with Crippen LogP contribution in [0, 0.1) is 11.8 Å². The molecule has 2 nitrogen and oxygen atoms in total. The highest BCUT2D eigenvalue weighted by molar-refractivity contribution is 4.94. The quantitative estimate of drug-likeness (QED) is 0.486. The lowest BCUT2D eigenvalue weighted by Crippen LogP contribution is -2.18. The number of azo groups is 1. The molecule has 1 rings (SSSR count). The summed E-state index contributed by atoms with van der Waals surface area (Å²) in [7, 11) is 0. The van der Waals surface area contributed by atoms with Crippen LogP contribution in [0.2, 0.25) is 0 Å². The maximum absolute atomic E-state index is 4.80. The van der Waals surface area contributed by atoms with Crippen LogP contribution in [0.4, 0.5) is 0 Å². The normalized spacial score (nSPS) is 29.1. The van der Waals surface area contributed by atoms with E-state index in [0.29, 0.717) is 23.9 Å². The highest BCUT2D eigenvalue weighted by Gasteiger charge is 2.18. The first kappa shape index (κ1) is 19.1. The van der Waals surface area contributed by atoms with Crippen molar-refractivity contribution in [2.45, 2.75) is 91.1 Å². The monoisotopic (exact) mass is 304 g/mol. The first-order chi connectivity index (χ1) is 10.7. The molecule has 0 aromatic heterocycles. The predicted octanol–water partition coefficient (Wildman–Crippen LogP) is 6.73. The Bertz CT molecular complexity index is 323. The van der Waals surface area contributed by atoms with Gasteiger partial charge in [0.25, 0.3) is 0 Å². The lowest BCUT2D eigenvalue weighted by molar-refractivity contribution is 0.371. The molecule has 1 aliphatic rings. The summed E-state index contributed by atoms with van der Waals surface area (Å²) in [5.74, 6) is 1.25. The second-order valence-electron chi connectivity index (χ2n) is 6.89. The fraction of sp³-hybridized carbons (Fsp3) is 0.800. The number of hydrogen-bond acceptors (Lipinski definition) is 2. The van der Waals surface area contributed by atoms with Gasteiger partial charge in [0.2, 0.25) is 0 Å². The molecule has 0 saturated carbocycles. The zero-order valence-corrected chi connectivity index (χ0v) is 15.2. The minimum atomic E-state index is 0.357.